The lowest BCUT2D eigenvalue weighted by Gasteiger charge is -2.10. The van der Waals surface area contributed by atoms with Gasteiger partial charge in [-0.1, -0.05) is 6.07 Å². The molecule has 9 heteroatoms. The number of benzene rings is 1. The number of nitrogens with zero attached hydrogens (tertiary/aromatic N) is 4. The van der Waals surface area contributed by atoms with Crippen LogP contribution in [0.2, 0.25) is 0 Å². The van der Waals surface area contributed by atoms with Gasteiger partial charge in [0.25, 0.3) is 5.56 Å². The second-order valence-corrected chi connectivity index (χ2v) is 5.79. The molecule has 130 valence electrons. The number of anilines is 1. The topological polar surface area (TPSA) is 90.9 Å². The average Bonchev–Trinajstić information content (AvgIpc) is 2.95. The fourth-order valence-corrected chi connectivity index (χ4v) is 2.60. The second kappa shape index (κ2) is 6.00. The molecule has 3 rings (SSSR count). The first-order valence-electron chi connectivity index (χ1n) is 7.46. The lowest BCUT2D eigenvalue weighted by Crippen LogP contribution is -2.42. The predicted molar refractivity (Wildman–Crippen MR) is 90.0 cm³/mol. The summed E-state index contributed by atoms with van der Waals surface area (Å²) < 4.78 is 17.2. The number of hydrogen-bond acceptors (Lipinski definition) is 4. The molecule has 1 aromatic carbocycles. The molecule has 0 unspecified atom stereocenters. The Kier molecular flexibility index (Phi) is 3.99. The molecule has 25 heavy (non-hydrogen) atoms. The Morgan fingerprint density at radius 2 is 2.00 bits per heavy atom. The van der Waals surface area contributed by atoms with Crippen molar-refractivity contribution in [3.63, 3.8) is 0 Å². The van der Waals surface area contributed by atoms with Gasteiger partial charge in [-0.15, -0.1) is 0 Å². The Hall–Kier alpha value is -3.23. The van der Waals surface area contributed by atoms with E-state index in [9.17, 15) is 18.8 Å². The van der Waals surface area contributed by atoms with Gasteiger partial charge in [-0.05, 0) is 24.6 Å². The number of halogens is 1. The Bertz CT molecular complexity index is 1110. The third-order valence-electron chi connectivity index (χ3n) is 3.90. The van der Waals surface area contributed by atoms with E-state index < -0.39 is 29.5 Å². The molecule has 0 spiro atoms. The summed E-state index contributed by atoms with van der Waals surface area (Å²) in [5.74, 6) is -1.27. The van der Waals surface area contributed by atoms with Crippen LogP contribution >= 0.6 is 0 Å². The van der Waals surface area contributed by atoms with Crippen molar-refractivity contribution in [1.29, 1.82) is 0 Å². The third kappa shape index (κ3) is 2.84. The largest absolute Gasteiger partial charge is 0.332 e. The van der Waals surface area contributed by atoms with Crippen molar-refractivity contribution >= 4 is 22.8 Å². The van der Waals surface area contributed by atoms with E-state index in [4.69, 9.17) is 0 Å². The zero-order valence-corrected chi connectivity index (χ0v) is 13.9. The van der Waals surface area contributed by atoms with E-state index in [1.165, 1.54) is 34.6 Å². The van der Waals surface area contributed by atoms with Crippen molar-refractivity contribution in [3.8, 4) is 0 Å². The van der Waals surface area contributed by atoms with Crippen LogP contribution in [0.5, 0.6) is 0 Å². The van der Waals surface area contributed by atoms with Crippen molar-refractivity contribution in [1.82, 2.24) is 18.7 Å². The van der Waals surface area contributed by atoms with Gasteiger partial charge in [0.05, 0.1) is 12.0 Å². The molecule has 0 saturated heterocycles. The number of carbonyl (C=O) groups excluding carboxylic acids is 1. The van der Waals surface area contributed by atoms with Gasteiger partial charge in [-0.25, -0.2) is 18.7 Å². The van der Waals surface area contributed by atoms with Crippen LogP contribution in [0.1, 0.15) is 5.56 Å². The molecule has 0 aliphatic rings. The highest BCUT2D eigenvalue weighted by Crippen LogP contribution is 2.15. The highest BCUT2D eigenvalue weighted by Gasteiger charge is 2.17. The summed E-state index contributed by atoms with van der Waals surface area (Å²) in [6.07, 6.45) is 1.41. The van der Waals surface area contributed by atoms with Gasteiger partial charge in [0.1, 0.15) is 12.4 Å². The van der Waals surface area contributed by atoms with Gasteiger partial charge in [0, 0.05) is 14.1 Å². The van der Waals surface area contributed by atoms with E-state index >= 15 is 0 Å². The SMILES string of the molecule is Cc1ccc(F)c(NC(=O)Cn2c(=O)c3c(ncn3C)n(C)c2=O)c1. The van der Waals surface area contributed by atoms with Crippen molar-refractivity contribution in [2.75, 3.05) is 5.32 Å². The Balaban J connectivity index is 1.99. The Morgan fingerprint density at radius 3 is 2.72 bits per heavy atom. The molecular weight excluding hydrogens is 329 g/mol. The summed E-state index contributed by atoms with van der Waals surface area (Å²) in [5.41, 5.74) is -0.0953. The van der Waals surface area contributed by atoms with E-state index in [0.29, 0.717) is 0 Å². The Labute approximate surface area is 141 Å². The van der Waals surface area contributed by atoms with Gasteiger partial charge >= 0.3 is 5.69 Å². The van der Waals surface area contributed by atoms with Gasteiger partial charge in [-0.2, -0.15) is 0 Å². The summed E-state index contributed by atoms with van der Waals surface area (Å²) in [6.45, 7) is 1.23. The number of imidazole rings is 1. The third-order valence-corrected chi connectivity index (χ3v) is 3.90. The molecule has 3 aromatic rings. The van der Waals surface area contributed by atoms with Crippen LogP contribution in [0.25, 0.3) is 11.2 Å². The molecule has 0 bridgehead atoms. The van der Waals surface area contributed by atoms with E-state index in [2.05, 4.69) is 10.3 Å². The van der Waals surface area contributed by atoms with Crippen LogP contribution in [0, 0.1) is 12.7 Å². The molecule has 0 saturated carbocycles. The maximum absolute atomic E-state index is 13.8. The predicted octanol–water partition coefficient (Wildman–Crippen LogP) is 0.520. The van der Waals surface area contributed by atoms with Crippen molar-refractivity contribution < 1.29 is 9.18 Å². The van der Waals surface area contributed by atoms with E-state index in [1.54, 1.807) is 20.0 Å². The van der Waals surface area contributed by atoms with Gasteiger partial charge in [0.2, 0.25) is 5.91 Å². The average molecular weight is 345 g/mol. The maximum atomic E-state index is 13.8. The Morgan fingerprint density at radius 1 is 1.28 bits per heavy atom. The standard InChI is InChI=1S/C16H16FN5O3/c1-9-4-5-10(17)11(6-9)19-12(23)7-22-15(24)13-14(18-8-20(13)2)21(3)16(22)25/h4-6,8H,7H2,1-3H3,(H,19,23). The molecular formula is C16H16FN5O3. The van der Waals surface area contributed by atoms with Crippen LogP contribution in [0.15, 0.2) is 34.1 Å². The van der Waals surface area contributed by atoms with Crippen molar-refractivity contribution in [2.24, 2.45) is 14.1 Å². The molecule has 0 aliphatic heterocycles. The molecule has 0 aliphatic carbocycles. The highest BCUT2D eigenvalue weighted by atomic mass is 19.1. The molecule has 1 N–H and O–H groups in total. The van der Waals surface area contributed by atoms with Crippen LogP contribution < -0.4 is 16.6 Å². The van der Waals surface area contributed by atoms with Crippen LogP contribution in [0.3, 0.4) is 0 Å². The summed E-state index contributed by atoms with van der Waals surface area (Å²) in [6, 6.07) is 4.28. The minimum absolute atomic E-state index is 0.00326. The number of amides is 1. The number of aromatic nitrogens is 4. The fourth-order valence-electron chi connectivity index (χ4n) is 2.60. The summed E-state index contributed by atoms with van der Waals surface area (Å²) in [7, 11) is 3.08. The maximum Gasteiger partial charge on any atom is 0.332 e. The number of carbonyl (C=O) groups is 1. The summed E-state index contributed by atoms with van der Waals surface area (Å²) in [4.78, 5) is 41.1. The van der Waals surface area contributed by atoms with Crippen LogP contribution in [-0.4, -0.2) is 24.6 Å². The first-order valence-corrected chi connectivity index (χ1v) is 7.46. The number of rotatable bonds is 3. The minimum atomic E-state index is -0.676. The molecule has 0 atom stereocenters. The monoisotopic (exact) mass is 345 g/mol. The lowest BCUT2D eigenvalue weighted by atomic mass is 10.2. The van der Waals surface area contributed by atoms with Crippen molar-refractivity contribution in [3.05, 3.63) is 56.7 Å². The first kappa shape index (κ1) is 16.6. The van der Waals surface area contributed by atoms with Gasteiger partial charge < -0.3 is 9.88 Å². The number of fused-ring (bicyclic) bond motifs is 1. The van der Waals surface area contributed by atoms with E-state index in [0.717, 1.165) is 10.1 Å². The summed E-state index contributed by atoms with van der Waals surface area (Å²) >= 11 is 0. The van der Waals surface area contributed by atoms with Crippen molar-refractivity contribution in [2.45, 2.75) is 13.5 Å². The van der Waals surface area contributed by atoms with Gasteiger partial charge in [-0.3, -0.25) is 14.2 Å². The number of nitrogens with one attached hydrogen (secondary N) is 1. The fraction of sp³-hybridized carbons (Fsp3) is 0.250. The summed E-state index contributed by atoms with van der Waals surface area (Å²) in [5, 5.41) is 2.39. The second-order valence-electron chi connectivity index (χ2n) is 5.79. The lowest BCUT2D eigenvalue weighted by molar-refractivity contribution is -0.116. The van der Waals surface area contributed by atoms with E-state index in [1.807, 2.05) is 0 Å². The molecule has 8 nitrogen and oxygen atoms in total. The van der Waals surface area contributed by atoms with Crippen LogP contribution in [-0.2, 0) is 25.4 Å². The molecule has 0 radical (unpaired) electrons. The van der Waals surface area contributed by atoms with Gasteiger partial charge in [0.15, 0.2) is 11.2 Å². The smallest absolute Gasteiger partial charge is 0.328 e. The number of aryl methyl sites for hydroxylation is 3. The first-order chi connectivity index (χ1) is 11.8. The zero-order chi connectivity index (χ0) is 18.3. The highest BCUT2D eigenvalue weighted by molar-refractivity contribution is 5.90. The zero-order valence-electron chi connectivity index (χ0n) is 13.9. The normalized spacial score (nSPS) is 11.0. The molecule has 1 amide bonds. The van der Waals surface area contributed by atoms with E-state index in [-0.39, 0.29) is 16.9 Å². The molecule has 2 heterocycles. The quantitative estimate of drug-likeness (QED) is 0.749. The van der Waals surface area contributed by atoms with Crippen LogP contribution in [0.4, 0.5) is 10.1 Å². The molecule has 2 aromatic heterocycles. The minimum Gasteiger partial charge on any atom is -0.328 e. The number of hydrogen-bond donors (Lipinski definition) is 1. The molecule has 0 fully saturated rings.